The van der Waals surface area contributed by atoms with Crippen LogP contribution in [-0.2, 0) is 16.1 Å². The van der Waals surface area contributed by atoms with Crippen molar-refractivity contribution in [2.24, 2.45) is 0 Å². The summed E-state index contributed by atoms with van der Waals surface area (Å²) in [6.07, 6.45) is 3.01. The van der Waals surface area contributed by atoms with Gasteiger partial charge in [-0.1, -0.05) is 24.0 Å². The van der Waals surface area contributed by atoms with Crippen LogP contribution < -0.4 is 10.9 Å². The van der Waals surface area contributed by atoms with Crippen LogP contribution in [0.5, 0.6) is 0 Å². The molecular weight excluding hydrogens is 410 g/mol. The average molecular weight is 426 g/mol. The van der Waals surface area contributed by atoms with E-state index >= 15 is 0 Å². The molecule has 0 saturated heterocycles. The van der Waals surface area contributed by atoms with Crippen molar-refractivity contribution < 1.29 is 14.3 Å². The molecule has 0 fully saturated rings. The van der Waals surface area contributed by atoms with Gasteiger partial charge in [-0.25, -0.2) is 9.78 Å². The molecule has 0 unspecified atom stereocenters. The molecule has 0 atom stereocenters. The topological polar surface area (TPSA) is 90.3 Å². The number of anilines is 1. The van der Waals surface area contributed by atoms with Crippen molar-refractivity contribution in [3.8, 4) is 0 Å². The molecule has 0 bridgehead atoms. The number of hydrogen-bond acceptors (Lipinski definition) is 6. The highest BCUT2D eigenvalue weighted by Crippen LogP contribution is 2.23. The van der Waals surface area contributed by atoms with Crippen molar-refractivity contribution >= 4 is 44.3 Å². The first-order chi connectivity index (χ1) is 11.8. The molecule has 0 aliphatic heterocycles. The first-order valence-electron chi connectivity index (χ1n) is 7.23. The van der Waals surface area contributed by atoms with Crippen LogP contribution in [0.25, 0.3) is 0 Å². The highest BCUT2D eigenvalue weighted by atomic mass is 79.9. The Morgan fingerprint density at radius 3 is 2.88 bits per heavy atom. The lowest BCUT2D eigenvalue weighted by atomic mass is 10.3. The Morgan fingerprint density at radius 2 is 2.20 bits per heavy atom. The molecule has 0 aliphatic rings. The third kappa shape index (κ3) is 4.86. The second-order valence-corrected chi connectivity index (χ2v) is 7.06. The van der Waals surface area contributed by atoms with Crippen molar-refractivity contribution in [1.82, 2.24) is 9.55 Å². The molecule has 1 amide bonds. The molecule has 7 nitrogen and oxygen atoms in total. The third-order valence-electron chi connectivity index (χ3n) is 3.11. The Morgan fingerprint density at radius 1 is 1.48 bits per heavy atom. The van der Waals surface area contributed by atoms with Crippen molar-refractivity contribution in [3.63, 3.8) is 0 Å². The molecule has 25 heavy (non-hydrogen) atoms. The molecule has 0 spiro atoms. The molecule has 2 rings (SSSR count). The van der Waals surface area contributed by atoms with Crippen molar-refractivity contribution in [2.45, 2.75) is 20.4 Å². The van der Waals surface area contributed by atoms with Crippen molar-refractivity contribution in [1.29, 1.82) is 0 Å². The highest BCUT2D eigenvalue weighted by molar-refractivity contribution is 9.10. The molecule has 0 aromatic carbocycles. The van der Waals surface area contributed by atoms with Crippen molar-refractivity contribution in [2.75, 3.05) is 11.9 Å². The van der Waals surface area contributed by atoms with Gasteiger partial charge in [-0.15, -0.1) is 0 Å². The number of pyridine rings is 1. The smallest absolute Gasteiger partial charge is 0.350 e. The number of aryl methyl sites for hydroxylation is 2. The van der Waals surface area contributed by atoms with Crippen LogP contribution >= 0.6 is 27.3 Å². The van der Waals surface area contributed by atoms with Crippen LogP contribution in [0.1, 0.15) is 20.9 Å². The lowest BCUT2D eigenvalue weighted by Gasteiger charge is -2.07. The van der Waals surface area contributed by atoms with E-state index in [0.29, 0.717) is 20.6 Å². The van der Waals surface area contributed by atoms with Crippen LogP contribution in [0.15, 0.2) is 34.2 Å². The molecule has 132 valence electrons. The summed E-state index contributed by atoms with van der Waals surface area (Å²) in [5.74, 6) is -0.936. The molecule has 1 N–H and O–H groups in total. The summed E-state index contributed by atoms with van der Waals surface area (Å²) in [6, 6.07) is 1.68. The minimum atomic E-state index is -0.519. The predicted octanol–water partition coefficient (Wildman–Crippen LogP) is 2.67. The number of halogens is 1. The van der Waals surface area contributed by atoms with Gasteiger partial charge in [-0.05, 0) is 35.8 Å². The van der Waals surface area contributed by atoms with E-state index in [-0.39, 0.29) is 23.8 Å². The zero-order valence-electron chi connectivity index (χ0n) is 13.7. The zero-order chi connectivity index (χ0) is 18.6. The Hall–Kier alpha value is -2.26. The van der Waals surface area contributed by atoms with Gasteiger partial charge in [0.25, 0.3) is 5.56 Å². The Labute approximate surface area is 156 Å². The summed E-state index contributed by atoms with van der Waals surface area (Å²) in [5.41, 5.74) is 0.742. The lowest BCUT2D eigenvalue weighted by Crippen LogP contribution is -2.28. The summed E-state index contributed by atoms with van der Waals surface area (Å²) in [7, 11) is 0. The third-order valence-corrected chi connectivity index (χ3v) is 4.59. The number of rotatable bonds is 6. The molecule has 0 aliphatic carbocycles. The number of ether oxygens (including phenoxy) is 1. The SMILES string of the molecule is C=CCOC(=O)c1sc(NC(=O)Cn2cc(Br)cc(C)c2=O)nc1C. The fraction of sp³-hybridized carbons (Fsp3) is 0.250. The van der Waals surface area contributed by atoms with Crippen LogP contribution in [0.2, 0.25) is 0 Å². The second-order valence-electron chi connectivity index (χ2n) is 5.14. The van der Waals surface area contributed by atoms with E-state index in [0.717, 1.165) is 11.3 Å². The minimum Gasteiger partial charge on any atom is -0.457 e. The van der Waals surface area contributed by atoms with Gasteiger partial charge in [0.15, 0.2) is 5.13 Å². The average Bonchev–Trinajstić information content (AvgIpc) is 2.90. The number of carbonyl (C=O) groups is 2. The molecule has 2 aromatic rings. The number of carbonyl (C=O) groups excluding carboxylic acids is 2. The quantitative estimate of drug-likeness (QED) is 0.567. The number of nitrogens with zero attached hydrogens (tertiary/aromatic N) is 2. The maximum Gasteiger partial charge on any atom is 0.350 e. The first kappa shape index (κ1) is 19.1. The van der Waals surface area contributed by atoms with E-state index in [2.05, 4.69) is 32.8 Å². The predicted molar refractivity (Wildman–Crippen MR) is 99.1 cm³/mol. The maximum absolute atomic E-state index is 12.2. The van der Waals surface area contributed by atoms with Crippen molar-refractivity contribution in [3.05, 3.63) is 55.9 Å². The summed E-state index contributed by atoms with van der Waals surface area (Å²) in [6.45, 7) is 6.74. The van der Waals surface area contributed by atoms with Gasteiger partial charge < -0.3 is 14.6 Å². The van der Waals surface area contributed by atoms with E-state index in [9.17, 15) is 14.4 Å². The lowest BCUT2D eigenvalue weighted by molar-refractivity contribution is -0.116. The summed E-state index contributed by atoms with van der Waals surface area (Å²) < 4.78 is 6.97. The van der Waals surface area contributed by atoms with E-state index in [1.807, 2.05) is 0 Å². The van der Waals surface area contributed by atoms with Gasteiger partial charge in [0, 0.05) is 16.2 Å². The van der Waals surface area contributed by atoms with E-state index in [4.69, 9.17) is 4.74 Å². The largest absolute Gasteiger partial charge is 0.457 e. The molecule has 2 aromatic heterocycles. The Bertz CT molecular complexity index is 888. The van der Waals surface area contributed by atoms with Crippen LogP contribution in [0.4, 0.5) is 5.13 Å². The van der Waals surface area contributed by atoms with Crippen LogP contribution in [0.3, 0.4) is 0 Å². The van der Waals surface area contributed by atoms with Gasteiger partial charge in [-0.2, -0.15) is 0 Å². The number of esters is 1. The Balaban J connectivity index is 2.10. The number of aromatic nitrogens is 2. The summed E-state index contributed by atoms with van der Waals surface area (Å²) in [5, 5.41) is 2.87. The van der Waals surface area contributed by atoms with Gasteiger partial charge in [0.05, 0.1) is 5.69 Å². The second kappa shape index (κ2) is 8.21. The molecule has 2 heterocycles. The van der Waals surface area contributed by atoms with Crippen LogP contribution in [-0.4, -0.2) is 28.0 Å². The number of amides is 1. The molecule has 9 heteroatoms. The molecule has 0 saturated carbocycles. The van der Waals surface area contributed by atoms with Crippen LogP contribution in [0, 0.1) is 13.8 Å². The monoisotopic (exact) mass is 425 g/mol. The molecular formula is C16H16BrN3O4S. The zero-order valence-corrected chi connectivity index (χ0v) is 16.1. The number of nitrogens with one attached hydrogen (secondary N) is 1. The fourth-order valence-electron chi connectivity index (χ4n) is 2.01. The summed E-state index contributed by atoms with van der Waals surface area (Å²) >= 11 is 4.31. The Kier molecular flexibility index (Phi) is 6.27. The highest BCUT2D eigenvalue weighted by Gasteiger charge is 2.18. The fourth-order valence-corrected chi connectivity index (χ4v) is 3.48. The van der Waals surface area contributed by atoms with Gasteiger partial charge >= 0.3 is 5.97 Å². The van der Waals surface area contributed by atoms with E-state index in [1.54, 1.807) is 26.1 Å². The van der Waals surface area contributed by atoms with Gasteiger partial charge in [0.1, 0.15) is 18.0 Å². The maximum atomic E-state index is 12.2. The minimum absolute atomic E-state index is 0.100. The summed E-state index contributed by atoms with van der Waals surface area (Å²) in [4.78, 5) is 40.5. The van der Waals surface area contributed by atoms with Gasteiger partial charge in [-0.3, -0.25) is 9.59 Å². The standard InChI is InChI=1S/C16H16BrN3O4S/c1-4-5-24-15(23)13-10(3)18-16(25-13)19-12(21)8-20-7-11(17)6-9(2)14(20)22/h4,6-7H,1,5,8H2,2-3H3,(H,18,19,21). The first-order valence-corrected chi connectivity index (χ1v) is 8.84. The normalized spacial score (nSPS) is 10.4. The molecule has 0 radical (unpaired) electrons. The van der Waals surface area contributed by atoms with E-state index < -0.39 is 11.9 Å². The number of hydrogen-bond donors (Lipinski definition) is 1. The number of thiazole rings is 1. The van der Waals surface area contributed by atoms with E-state index in [1.165, 1.54) is 10.6 Å². The van der Waals surface area contributed by atoms with Gasteiger partial charge in [0.2, 0.25) is 5.91 Å².